The molecule has 0 saturated carbocycles. The lowest BCUT2D eigenvalue weighted by molar-refractivity contribution is -0.138. The molecule has 2 N–H and O–H groups in total. The Bertz CT molecular complexity index is 377. The fourth-order valence-corrected chi connectivity index (χ4v) is 2.25. The van der Waals surface area contributed by atoms with Gasteiger partial charge in [0.1, 0.15) is 0 Å². The first-order chi connectivity index (χ1) is 9.69. The SMILES string of the molecule is CCN(CC)CCCNCC(C(=O)O)c1ccccc1. The number of nitrogens with one attached hydrogen (secondary N) is 1. The summed E-state index contributed by atoms with van der Waals surface area (Å²) in [5.41, 5.74) is 0.858. The minimum atomic E-state index is -0.771. The molecule has 0 heterocycles. The number of aliphatic carboxylic acids is 1. The third kappa shape index (κ3) is 5.72. The second-order valence-corrected chi connectivity index (χ2v) is 4.89. The van der Waals surface area contributed by atoms with E-state index in [1.54, 1.807) is 0 Å². The summed E-state index contributed by atoms with van der Waals surface area (Å²) in [6.45, 7) is 8.85. The topological polar surface area (TPSA) is 52.6 Å². The Labute approximate surface area is 121 Å². The van der Waals surface area contributed by atoms with Crippen molar-refractivity contribution < 1.29 is 9.90 Å². The van der Waals surface area contributed by atoms with Crippen LogP contribution in [0.25, 0.3) is 0 Å². The Morgan fingerprint density at radius 2 is 1.90 bits per heavy atom. The first-order valence-corrected chi connectivity index (χ1v) is 7.39. The van der Waals surface area contributed by atoms with Gasteiger partial charge in [0.05, 0.1) is 5.92 Å². The third-order valence-corrected chi connectivity index (χ3v) is 3.57. The van der Waals surface area contributed by atoms with Crippen molar-refractivity contribution in [1.29, 1.82) is 0 Å². The summed E-state index contributed by atoms with van der Waals surface area (Å²) in [6, 6.07) is 9.41. The molecule has 0 saturated heterocycles. The second kappa shape index (κ2) is 9.50. The molecule has 0 aliphatic heterocycles. The van der Waals surface area contributed by atoms with Gasteiger partial charge in [-0.3, -0.25) is 4.79 Å². The van der Waals surface area contributed by atoms with Crippen LogP contribution in [0.4, 0.5) is 0 Å². The highest BCUT2D eigenvalue weighted by Crippen LogP contribution is 2.14. The largest absolute Gasteiger partial charge is 0.481 e. The average molecular weight is 278 g/mol. The molecule has 1 aromatic carbocycles. The van der Waals surface area contributed by atoms with Crippen molar-refractivity contribution in [1.82, 2.24) is 10.2 Å². The van der Waals surface area contributed by atoms with Crippen LogP contribution in [-0.2, 0) is 4.79 Å². The highest BCUT2D eigenvalue weighted by atomic mass is 16.4. The van der Waals surface area contributed by atoms with Crippen molar-refractivity contribution >= 4 is 5.97 Å². The van der Waals surface area contributed by atoms with Gasteiger partial charge < -0.3 is 15.3 Å². The van der Waals surface area contributed by atoms with Crippen LogP contribution >= 0.6 is 0 Å². The Morgan fingerprint density at radius 1 is 1.25 bits per heavy atom. The molecule has 20 heavy (non-hydrogen) atoms. The lowest BCUT2D eigenvalue weighted by atomic mass is 9.99. The van der Waals surface area contributed by atoms with E-state index in [0.717, 1.165) is 38.2 Å². The van der Waals surface area contributed by atoms with Crippen LogP contribution in [0.2, 0.25) is 0 Å². The molecule has 0 aliphatic carbocycles. The Hall–Kier alpha value is -1.39. The van der Waals surface area contributed by atoms with Crippen LogP contribution in [0.15, 0.2) is 30.3 Å². The van der Waals surface area contributed by atoms with Crippen LogP contribution < -0.4 is 5.32 Å². The van der Waals surface area contributed by atoms with Gasteiger partial charge >= 0.3 is 5.97 Å². The van der Waals surface area contributed by atoms with Gasteiger partial charge in [-0.2, -0.15) is 0 Å². The first-order valence-electron chi connectivity index (χ1n) is 7.39. The molecule has 0 fully saturated rings. The van der Waals surface area contributed by atoms with Crippen molar-refractivity contribution in [3.8, 4) is 0 Å². The third-order valence-electron chi connectivity index (χ3n) is 3.57. The molecule has 0 aromatic heterocycles. The van der Waals surface area contributed by atoms with E-state index in [1.165, 1.54) is 0 Å². The molecule has 1 rings (SSSR count). The zero-order valence-corrected chi connectivity index (χ0v) is 12.5. The predicted octanol–water partition coefficient (Wildman–Crippen LogP) is 2.18. The molecule has 0 bridgehead atoms. The molecular weight excluding hydrogens is 252 g/mol. The van der Waals surface area contributed by atoms with Gasteiger partial charge in [-0.15, -0.1) is 0 Å². The summed E-state index contributed by atoms with van der Waals surface area (Å²) in [7, 11) is 0. The zero-order valence-electron chi connectivity index (χ0n) is 12.5. The van der Waals surface area contributed by atoms with Crippen molar-refractivity contribution in [2.45, 2.75) is 26.2 Å². The fraction of sp³-hybridized carbons (Fsp3) is 0.562. The first kappa shape index (κ1) is 16.7. The van der Waals surface area contributed by atoms with Crippen molar-refractivity contribution in [3.63, 3.8) is 0 Å². The van der Waals surface area contributed by atoms with Crippen molar-refractivity contribution in [2.24, 2.45) is 0 Å². The van der Waals surface area contributed by atoms with Crippen LogP contribution in [0, 0.1) is 0 Å². The fourth-order valence-electron chi connectivity index (χ4n) is 2.25. The number of rotatable bonds is 10. The van der Waals surface area contributed by atoms with E-state index >= 15 is 0 Å². The Morgan fingerprint density at radius 3 is 2.45 bits per heavy atom. The lowest BCUT2D eigenvalue weighted by Gasteiger charge is -2.18. The zero-order chi connectivity index (χ0) is 14.8. The van der Waals surface area contributed by atoms with Crippen LogP contribution in [0.1, 0.15) is 31.7 Å². The normalized spacial score (nSPS) is 12.6. The average Bonchev–Trinajstić information content (AvgIpc) is 2.47. The Kier molecular flexibility index (Phi) is 7.92. The summed E-state index contributed by atoms with van der Waals surface area (Å²) < 4.78 is 0. The molecule has 0 radical (unpaired) electrons. The van der Waals surface area contributed by atoms with Crippen molar-refractivity contribution in [3.05, 3.63) is 35.9 Å². The molecule has 1 atom stereocenters. The molecule has 112 valence electrons. The molecular formula is C16H26N2O2. The molecule has 4 heteroatoms. The van der Waals surface area contributed by atoms with Gasteiger partial charge in [0.15, 0.2) is 0 Å². The van der Waals surface area contributed by atoms with E-state index in [-0.39, 0.29) is 0 Å². The smallest absolute Gasteiger partial charge is 0.312 e. The van der Waals surface area contributed by atoms with Gasteiger partial charge in [0.2, 0.25) is 0 Å². The van der Waals surface area contributed by atoms with E-state index in [9.17, 15) is 9.90 Å². The molecule has 0 amide bonds. The highest BCUT2D eigenvalue weighted by Gasteiger charge is 2.18. The molecule has 0 aliphatic rings. The minimum Gasteiger partial charge on any atom is -0.481 e. The van der Waals surface area contributed by atoms with Crippen molar-refractivity contribution in [2.75, 3.05) is 32.7 Å². The highest BCUT2D eigenvalue weighted by molar-refractivity contribution is 5.76. The number of nitrogens with zero attached hydrogens (tertiary/aromatic N) is 1. The summed E-state index contributed by atoms with van der Waals surface area (Å²) in [5.74, 6) is -1.24. The number of carbonyl (C=O) groups is 1. The van der Waals surface area contributed by atoms with Gasteiger partial charge in [0.25, 0.3) is 0 Å². The predicted molar refractivity (Wildman–Crippen MR) is 82.1 cm³/mol. The second-order valence-electron chi connectivity index (χ2n) is 4.89. The molecule has 0 spiro atoms. The maximum atomic E-state index is 11.3. The van der Waals surface area contributed by atoms with E-state index in [1.807, 2.05) is 30.3 Å². The van der Waals surface area contributed by atoms with E-state index in [2.05, 4.69) is 24.1 Å². The summed E-state index contributed by atoms with van der Waals surface area (Å²) in [6.07, 6.45) is 1.04. The van der Waals surface area contributed by atoms with E-state index in [4.69, 9.17) is 0 Å². The van der Waals surface area contributed by atoms with E-state index < -0.39 is 11.9 Å². The molecule has 1 aromatic rings. The number of hydrogen-bond donors (Lipinski definition) is 2. The van der Waals surface area contributed by atoms with Gasteiger partial charge in [-0.05, 0) is 38.2 Å². The number of carboxylic acid groups (broad SMARTS) is 1. The van der Waals surface area contributed by atoms with Crippen LogP contribution in [-0.4, -0.2) is 48.7 Å². The van der Waals surface area contributed by atoms with Gasteiger partial charge in [-0.25, -0.2) is 0 Å². The van der Waals surface area contributed by atoms with Gasteiger partial charge in [-0.1, -0.05) is 44.2 Å². The molecule has 4 nitrogen and oxygen atoms in total. The summed E-state index contributed by atoms with van der Waals surface area (Å²) in [5, 5.41) is 12.6. The summed E-state index contributed by atoms with van der Waals surface area (Å²) in [4.78, 5) is 13.7. The maximum Gasteiger partial charge on any atom is 0.312 e. The lowest BCUT2D eigenvalue weighted by Crippen LogP contribution is -2.30. The van der Waals surface area contributed by atoms with Gasteiger partial charge in [0, 0.05) is 6.54 Å². The molecule has 1 unspecified atom stereocenters. The summed E-state index contributed by atoms with van der Waals surface area (Å²) >= 11 is 0. The van der Waals surface area contributed by atoms with Crippen LogP contribution in [0.5, 0.6) is 0 Å². The maximum absolute atomic E-state index is 11.3. The monoisotopic (exact) mass is 278 g/mol. The minimum absolute atomic E-state index is 0.468. The van der Waals surface area contributed by atoms with Crippen LogP contribution in [0.3, 0.4) is 0 Å². The Balaban J connectivity index is 2.33. The number of carboxylic acids is 1. The number of hydrogen-bond acceptors (Lipinski definition) is 3. The quantitative estimate of drug-likeness (QED) is 0.644. The van der Waals surface area contributed by atoms with E-state index in [0.29, 0.717) is 6.54 Å². The number of benzene rings is 1. The standard InChI is InChI=1S/C16H26N2O2/c1-3-18(4-2)12-8-11-17-13-15(16(19)20)14-9-6-5-7-10-14/h5-7,9-10,15,17H,3-4,8,11-13H2,1-2H3,(H,19,20).